The van der Waals surface area contributed by atoms with Crippen molar-refractivity contribution in [2.24, 2.45) is 5.84 Å². The summed E-state index contributed by atoms with van der Waals surface area (Å²) in [7, 11) is 1.91. The third kappa shape index (κ3) is 3.38. The molecule has 3 N–H and O–H groups in total. The predicted octanol–water partition coefficient (Wildman–Crippen LogP) is 1.85. The van der Waals surface area contributed by atoms with Gasteiger partial charge >= 0.3 is 0 Å². The summed E-state index contributed by atoms with van der Waals surface area (Å²) < 4.78 is 12.8. The molecule has 0 aliphatic carbocycles. The third-order valence-electron chi connectivity index (χ3n) is 2.69. The molecule has 0 unspecified atom stereocenters. The largest absolute Gasteiger partial charge is 0.355 e. The van der Waals surface area contributed by atoms with E-state index >= 15 is 0 Å². The molecule has 0 aliphatic heterocycles. The molecule has 0 bridgehead atoms. The van der Waals surface area contributed by atoms with Gasteiger partial charge in [-0.15, -0.1) is 0 Å². The van der Waals surface area contributed by atoms with Gasteiger partial charge < -0.3 is 4.90 Å². The second-order valence-electron chi connectivity index (χ2n) is 4.32. The van der Waals surface area contributed by atoms with Crippen LogP contribution in [-0.4, -0.2) is 17.0 Å². The first-order chi connectivity index (χ1) is 9.08. The quantitative estimate of drug-likeness (QED) is 0.649. The fourth-order valence-corrected chi connectivity index (χ4v) is 1.76. The van der Waals surface area contributed by atoms with Crippen LogP contribution in [0.25, 0.3) is 0 Å². The van der Waals surface area contributed by atoms with Crippen molar-refractivity contribution in [2.45, 2.75) is 13.5 Å². The van der Waals surface area contributed by atoms with E-state index in [4.69, 9.17) is 5.84 Å². The summed E-state index contributed by atoms with van der Waals surface area (Å²) in [6.45, 7) is 2.50. The molecule has 2 rings (SSSR count). The van der Waals surface area contributed by atoms with E-state index in [9.17, 15) is 4.39 Å². The van der Waals surface area contributed by atoms with Crippen LogP contribution in [0, 0.1) is 12.7 Å². The van der Waals surface area contributed by atoms with Crippen molar-refractivity contribution in [1.82, 2.24) is 9.97 Å². The van der Waals surface area contributed by atoms with Crippen LogP contribution in [0.2, 0.25) is 0 Å². The highest BCUT2D eigenvalue weighted by atomic mass is 19.1. The van der Waals surface area contributed by atoms with Gasteiger partial charge in [-0.2, -0.15) is 4.98 Å². The molecule has 2 aromatic rings. The molecular formula is C13H16FN5. The Morgan fingerprint density at radius 3 is 2.58 bits per heavy atom. The maximum Gasteiger partial charge on any atom is 0.239 e. The fourth-order valence-electron chi connectivity index (χ4n) is 1.76. The zero-order chi connectivity index (χ0) is 13.8. The van der Waals surface area contributed by atoms with Gasteiger partial charge in [-0.3, -0.25) is 5.43 Å². The molecule has 6 heteroatoms. The molecule has 0 atom stereocenters. The average Bonchev–Trinajstić information content (AvgIpc) is 2.40. The van der Waals surface area contributed by atoms with Gasteiger partial charge in [0, 0.05) is 25.4 Å². The fraction of sp³-hybridized carbons (Fsp3) is 0.231. The molecule has 0 radical (unpaired) electrons. The first kappa shape index (κ1) is 13.2. The number of aryl methyl sites for hydroxylation is 1. The standard InChI is InChI=1S/C13H16FN5/c1-9-7-12(17-13(16-9)18-15)19(2)8-10-3-5-11(14)6-4-10/h3-7H,8,15H2,1-2H3,(H,16,17,18). The molecule has 100 valence electrons. The van der Waals surface area contributed by atoms with E-state index in [-0.39, 0.29) is 5.82 Å². The molecule has 1 aromatic heterocycles. The molecule has 0 fully saturated rings. The molecule has 0 saturated heterocycles. The maximum atomic E-state index is 12.8. The lowest BCUT2D eigenvalue weighted by atomic mass is 10.2. The van der Waals surface area contributed by atoms with Crippen molar-refractivity contribution < 1.29 is 4.39 Å². The van der Waals surface area contributed by atoms with Crippen LogP contribution >= 0.6 is 0 Å². The van der Waals surface area contributed by atoms with Crippen molar-refractivity contribution in [3.05, 3.63) is 47.4 Å². The number of anilines is 2. The van der Waals surface area contributed by atoms with Crippen LogP contribution in [0.5, 0.6) is 0 Å². The lowest BCUT2D eigenvalue weighted by Gasteiger charge is -2.19. The van der Waals surface area contributed by atoms with Crippen LogP contribution in [0.4, 0.5) is 16.2 Å². The summed E-state index contributed by atoms with van der Waals surface area (Å²) in [4.78, 5) is 10.3. The highest BCUT2D eigenvalue weighted by Crippen LogP contribution is 2.15. The summed E-state index contributed by atoms with van der Waals surface area (Å²) in [5, 5.41) is 0. The van der Waals surface area contributed by atoms with Gasteiger partial charge in [-0.1, -0.05) is 12.1 Å². The minimum absolute atomic E-state index is 0.237. The number of nitrogens with zero attached hydrogens (tertiary/aromatic N) is 3. The zero-order valence-electron chi connectivity index (χ0n) is 10.9. The Bertz CT molecular complexity index is 555. The van der Waals surface area contributed by atoms with Crippen molar-refractivity contribution in [3.8, 4) is 0 Å². The number of benzene rings is 1. The zero-order valence-corrected chi connectivity index (χ0v) is 10.9. The Morgan fingerprint density at radius 2 is 1.95 bits per heavy atom. The first-order valence-electron chi connectivity index (χ1n) is 5.86. The number of hydrogen-bond donors (Lipinski definition) is 2. The Kier molecular flexibility index (Phi) is 3.91. The summed E-state index contributed by atoms with van der Waals surface area (Å²) in [5.74, 6) is 6.21. The molecule has 0 spiro atoms. The number of aromatic nitrogens is 2. The molecular weight excluding hydrogens is 245 g/mol. The highest BCUT2D eigenvalue weighted by Gasteiger charge is 2.07. The van der Waals surface area contributed by atoms with Crippen molar-refractivity contribution in [2.75, 3.05) is 17.4 Å². The van der Waals surface area contributed by atoms with Crippen LogP contribution in [0.3, 0.4) is 0 Å². The minimum atomic E-state index is -0.237. The van der Waals surface area contributed by atoms with Gasteiger partial charge in [0.2, 0.25) is 5.95 Å². The van der Waals surface area contributed by atoms with Gasteiger partial charge in [0.1, 0.15) is 11.6 Å². The number of nitrogen functional groups attached to an aromatic ring is 1. The Labute approximate surface area is 111 Å². The molecule has 0 amide bonds. The van der Waals surface area contributed by atoms with E-state index in [1.807, 2.05) is 24.9 Å². The molecule has 1 aromatic carbocycles. The van der Waals surface area contributed by atoms with Crippen LogP contribution < -0.4 is 16.2 Å². The van der Waals surface area contributed by atoms with Crippen LogP contribution in [0.1, 0.15) is 11.3 Å². The first-order valence-corrected chi connectivity index (χ1v) is 5.86. The Morgan fingerprint density at radius 1 is 1.26 bits per heavy atom. The van der Waals surface area contributed by atoms with E-state index in [2.05, 4.69) is 15.4 Å². The van der Waals surface area contributed by atoms with Gasteiger partial charge in [-0.05, 0) is 24.6 Å². The van der Waals surface area contributed by atoms with Crippen molar-refractivity contribution in [1.29, 1.82) is 0 Å². The van der Waals surface area contributed by atoms with Crippen molar-refractivity contribution >= 4 is 11.8 Å². The van der Waals surface area contributed by atoms with Gasteiger partial charge in [0.05, 0.1) is 0 Å². The number of nitrogens with one attached hydrogen (secondary N) is 1. The van der Waals surface area contributed by atoms with Gasteiger partial charge in [-0.25, -0.2) is 15.2 Å². The Balaban J connectivity index is 2.17. The monoisotopic (exact) mass is 261 g/mol. The number of halogens is 1. The molecule has 5 nitrogen and oxygen atoms in total. The van der Waals surface area contributed by atoms with E-state index in [1.54, 1.807) is 12.1 Å². The number of hydrogen-bond acceptors (Lipinski definition) is 5. The second-order valence-corrected chi connectivity index (χ2v) is 4.32. The SMILES string of the molecule is Cc1cc(N(C)Cc2ccc(F)cc2)nc(NN)n1. The van der Waals surface area contributed by atoms with Crippen LogP contribution in [-0.2, 0) is 6.54 Å². The summed E-state index contributed by atoms with van der Waals surface area (Å²) >= 11 is 0. The average molecular weight is 261 g/mol. The Hall–Kier alpha value is -2.21. The molecule has 1 heterocycles. The smallest absolute Gasteiger partial charge is 0.239 e. The summed E-state index contributed by atoms with van der Waals surface area (Å²) in [5.41, 5.74) is 4.26. The van der Waals surface area contributed by atoms with Crippen LogP contribution in [0.15, 0.2) is 30.3 Å². The van der Waals surface area contributed by atoms with Gasteiger partial charge in [0.15, 0.2) is 0 Å². The second kappa shape index (κ2) is 5.62. The third-order valence-corrected chi connectivity index (χ3v) is 2.69. The van der Waals surface area contributed by atoms with E-state index in [0.29, 0.717) is 12.5 Å². The summed E-state index contributed by atoms with van der Waals surface area (Å²) in [6, 6.07) is 8.26. The van der Waals surface area contributed by atoms with E-state index in [0.717, 1.165) is 17.1 Å². The topological polar surface area (TPSA) is 67.1 Å². The highest BCUT2D eigenvalue weighted by molar-refractivity contribution is 5.44. The maximum absolute atomic E-state index is 12.8. The lowest BCUT2D eigenvalue weighted by molar-refractivity contribution is 0.627. The molecule has 0 aliphatic rings. The lowest BCUT2D eigenvalue weighted by Crippen LogP contribution is -2.20. The number of hydrazine groups is 1. The molecule has 0 saturated carbocycles. The van der Waals surface area contributed by atoms with E-state index in [1.165, 1.54) is 12.1 Å². The minimum Gasteiger partial charge on any atom is -0.355 e. The van der Waals surface area contributed by atoms with E-state index < -0.39 is 0 Å². The molecule has 19 heavy (non-hydrogen) atoms. The van der Waals surface area contributed by atoms with Crippen molar-refractivity contribution in [3.63, 3.8) is 0 Å². The normalized spacial score (nSPS) is 10.3. The summed E-state index contributed by atoms with van der Waals surface area (Å²) in [6.07, 6.45) is 0. The van der Waals surface area contributed by atoms with Gasteiger partial charge in [0.25, 0.3) is 0 Å². The number of nitrogens with two attached hydrogens (primary N) is 1. The number of rotatable bonds is 4. The predicted molar refractivity (Wildman–Crippen MR) is 73.1 cm³/mol.